The molecule has 1 aromatic rings. The molecule has 0 radical (unpaired) electrons. The van der Waals surface area contributed by atoms with Crippen molar-refractivity contribution in [3.8, 4) is 0 Å². The van der Waals surface area contributed by atoms with Crippen LogP contribution in [0.15, 0.2) is 24.3 Å². The zero-order valence-electron chi connectivity index (χ0n) is 11.1. The van der Waals surface area contributed by atoms with E-state index >= 15 is 0 Å². The van der Waals surface area contributed by atoms with Gasteiger partial charge in [0.05, 0.1) is 18.7 Å². The maximum absolute atomic E-state index is 12.5. The third kappa shape index (κ3) is 4.81. The molecule has 1 saturated heterocycles. The number of hydrogen-bond donors (Lipinski definition) is 3. The van der Waals surface area contributed by atoms with Crippen LogP contribution in [0.4, 0.5) is 28.4 Å². The quantitative estimate of drug-likeness (QED) is 0.766. The fraction of sp³-hybridized carbons (Fsp3) is 0.333. The summed E-state index contributed by atoms with van der Waals surface area (Å²) >= 11 is 0. The fourth-order valence-corrected chi connectivity index (χ4v) is 1.68. The smallest absolute Gasteiger partial charge is 0.416 e. The number of hydrogen-bond acceptors (Lipinski definition) is 4. The Morgan fingerprint density at radius 2 is 2.05 bits per heavy atom. The topological polar surface area (TPSA) is 113 Å². The van der Waals surface area contributed by atoms with Gasteiger partial charge in [-0.2, -0.15) is 13.2 Å². The minimum Gasteiger partial charge on any atom is -0.465 e. The first kappa shape index (κ1) is 17.6. The minimum absolute atomic E-state index is 0.0383. The molecule has 4 N–H and O–H groups in total. The lowest BCUT2D eigenvalue weighted by atomic mass is 10.2. The average molecular weight is 322 g/mol. The normalized spacial score (nSPS) is 17.5. The van der Waals surface area contributed by atoms with Crippen LogP contribution in [0.3, 0.4) is 0 Å². The summed E-state index contributed by atoms with van der Waals surface area (Å²) in [5.74, 6) is 0. The lowest BCUT2D eigenvalue weighted by molar-refractivity contribution is -0.137. The largest absolute Gasteiger partial charge is 0.465 e. The first-order valence-corrected chi connectivity index (χ1v) is 5.89. The second-order valence-corrected chi connectivity index (χ2v) is 4.19. The molecule has 1 heterocycles. The molecule has 0 saturated carbocycles. The van der Waals surface area contributed by atoms with E-state index in [1.807, 2.05) is 0 Å². The van der Waals surface area contributed by atoms with Crippen molar-refractivity contribution in [3.05, 3.63) is 29.8 Å². The Morgan fingerprint density at radius 3 is 2.50 bits per heavy atom. The van der Waals surface area contributed by atoms with Crippen LogP contribution in [-0.4, -0.2) is 41.7 Å². The fourth-order valence-electron chi connectivity index (χ4n) is 1.68. The first-order chi connectivity index (χ1) is 10.1. The second-order valence-electron chi connectivity index (χ2n) is 4.19. The van der Waals surface area contributed by atoms with Crippen LogP contribution >= 0.6 is 0 Å². The van der Waals surface area contributed by atoms with Crippen molar-refractivity contribution in [3.63, 3.8) is 0 Å². The molecular weight excluding hydrogens is 309 g/mol. The summed E-state index contributed by atoms with van der Waals surface area (Å²) in [7, 11) is 0. The highest BCUT2D eigenvalue weighted by molar-refractivity contribution is 5.89. The minimum atomic E-state index is -4.46. The van der Waals surface area contributed by atoms with E-state index in [0.29, 0.717) is 0 Å². The molecule has 1 fully saturated rings. The molecule has 1 aromatic carbocycles. The highest BCUT2D eigenvalue weighted by Crippen LogP contribution is 2.32. The van der Waals surface area contributed by atoms with Crippen molar-refractivity contribution < 1.29 is 37.7 Å². The Kier molecular flexibility index (Phi) is 5.57. The number of carbonyl (C=O) groups is 2. The van der Waals surface area contributed by atoms with Crippen molar-refractivity contribution in [2.24, 2.45) is 5.73 Å². The van der Waals surface area contributed by atoms with Crippen molar-refractivity contribution in [1.29, 1.82) is 0 Å². The van der Waals surface area contributed by atoms with Crippen LogP contribution in [0, 0.1) is 0 Å². The maximum Gasteiger partial charge on any atom is 0.416 e. The number of carbonyl (C=O) groups excluding carboxylic acids is 1. The highest BCUT2D eigenvalue weighted by Gasteiger charge is 2.34. The number of anilines is 1. The van der Waals surface area contributed by atoms with E-state index in [4.69, 9.17) is 19.7 Å². The van der Waals surface area contributed by atoms with Gasteiger partial charge in [-0.25, -0.2) is 9.59 Å². The van der Waals surface area contributed by atoms with Crippen LogP contribution in [0.5, 0.6) is 0 Å². The predicted molar refractivity (Wildman–Crippen MR) is 68.4 cm³/mol. The van der Waals surface area contributed by atoms with Gasteiger partial charge in [0, 0.05) is 5.69 Å². The number of aliphatic hydroxyl groups excluding tert-OH is 1. The number of benzene rings is 1. The summed E-state index contributed by atoms with van der Waals surface area (Å²) in [6.07, 6.45) is -7.25. The Labute approximate surface area is 122 Å². The van der Waals surface area contributed by atoms with Crippen molar-refractivity contribution >= 4 is 17.9 Å². The Bertz CT molecular complexity index is 546. The van der Waals surface area contributed by atoms with Gasteiger partial charge in [-0.15, -0.1) is 0 Å². The van der Waals surface area contributed by atoms with Crippen molar-refractivity contribution in [2.45, 2.75) is 12.3 Å². The predicted octanol–water partition coefficient (Wildman–Crippen LogP) is 1.65. The van der Waals surface area contributed by atoms with Crippen LogP contribution in [-0.2, 0) is 10.9 Å². The lowest BCUT2D eigenvalue weighted by Gasteiger charge is -2.15. The summed E-state index contributed by atoms with van der Waals surface area (Å²) < 4.78 is 42.3. The molecule has 7 nitrogen and oxygen atoms in total. The van der Waals surface area contributed by atoms with E-state index in [2.05, 4.69) is 5.73 Å². The van der Waals surface area contributed by atoms with E-state index in [-0.39, 0.29) is 18.8 Å². The third-order valence-corrected chi connectivity index (χ3v) is 2.56. The Morgan fingerprint density at radius 1 is 1.45 bits per heavy atom. The molecule has 1 atom stereocenters. The van der Waals surface area contributed by atoms with Crippen molar-refractivity contribution in [2.75, 3.05) is 18.1 Å². The molecule has 1 aliphatic rings. The SMILES string of the molecule is NC(=O)O.O=C1OC(CO)CN1c1cccc(C(F)(F)F)c1. The number of amides is 2. The van der Waals surface area contributed by atoms with Gasteiger partial charge in [0.2, 0.25) is 0 Å². The molecule has 2 rings (SSSR count). The highest BCUT2D eigenvalue weighted by atomic mass is 19.4. The molecule has 22 heavy (non-hydrogen) atoms. The number of carboxylic acid groups (broad SMARTS) is 1. The Hall–Kier alpha value is -2.49. The van der Waals surface area contributed by atoms with Gasteiger partial charge in [-0.3, -0.25) is 4.90 Å². The van der Waals surface area contributed by atoms with Gasteiger partial charge in [0.15, 0.2) is 0 Å². The molecule has 1 unspecified atom stereocenters. The number of halogens is 3. The van der Waals surface area contributed by atoms with Crippen LogP contribution in [0.1, 0.15) is 5.56 Å². The summed E-state index contributed by atoms with van der Waals surface area (Å²) in [4.78, 5) is 21.3. The molecule has 1 aliphatic heterocycles. The molecule has 0 bridgehead atoms. The summed E-state index contributed by atoms with van der Waals surface area (Å²) in [5.41, 5.74) is 3.30. The summed E-state index contributed by atoms with van der Waals surface area (Å²) in [5, 5.41) is 16.0. The number of cyclic esters (lactones) is 1. The summed E-state index contributed by atoms with van der Waals surface area (Å²) in [6.45, 7) is -0.322. The zero-order chi connectivity index (χ0) is 16.9. The van der Waals surface area contributed by atoms with E-state index < -0.39 is 30.0 Å². The number of aliphatic hydroxyl groups is 1. The lowest BCUT2D eigenvalue weighted by Crippen LogP contribution is -2.25. The number of nitrogens with zero attached hydrogens (tertiary/aromatic N) is 1. The van der Waals surface area contributed by atoms with Crippen molar-refractivity contribution in [1.82, 2.24) is 0 Å². The number of alkyl halides is 3. The summed E-state index contributed by atoms with van der Waals surface area (Å²) in [6, 6.07) is 4.41. The van der Waals surface area contributed by atoms with Gasteiger partial charge in [-0.1, -0.05) is 6.07 Å². The monoisotopic (exact) mass is 322 g/mol. The standard InChI is InChI=1S/C11H10F3NO3.CH3NO2/c12-11(13,14)7-2-1-3-8(4-7)15-5-9(6-16)18-10(15)17;2-1(3)4/h1-4,9,16H,5-6H2;2H2,(H,3,4). The second kappa shape index (κ2) is 6.98. The molecule has 2 amide bonds. The number of rotatable bonds is 2. The average Bonchev–Trinajstić information content (AvgIpc) is 2.79. The van der Waals surface area contributed by atoms with Gasteiger partial charge in [0.25, 0.3) is 0 Å². The van der Waals surface area contributed by atoms with E-state index in [0.717, 1.165) is 17.0 Å². The zero-order valence-corrected chi connectivity index (χ0v) is 11.1. The van der Waals surface area contributed by atoms with E-state index in [1.54, 1.807) is 0 Å². The molecule has 122 valence electrons. The van der Waals surface area contributed by atoms with Crippen LogP contribution < -0.4 is 10.6 Å². The molecular formula is C12H13F3N2O5. The molecule has 0 aromatic heterocycles. The van der Waals surface area contributed by atoms with Gasteiger partial charge < -0.3 is 20.7 Å². The van der Waals surface area contributed by atoms with Crippen LogP contribution in [0.2, 0.25) is 0 Å². The first-order valence-electron chi connectivity index (χ1n) is 5.89. The molecule has 0 spiro atoms. The molecule has 10 heteroatoms. The number of primary amides is 1. The maximum atomic E-state index is 12.5. The number of nitrogens with two attached hydrogens (primary N) is 1. The molecule has 0 aliphatic carbocycles. The Balaban J connectivity index is 0.000000541. The third-order valence-electron chi connectivity index (χ3n) is 2.56. The van der Waals surface area contributed by atoms with E-state index in [9.17, 15) is 18.0 Å². The van der Waals surface area contributed by atoms with Gasteiger partial charge >= 0.3 is 18.4 Å². The van der Waals surface area contributed by atoms with Crippen LogP contribution in [0.25, 0.3) is 0 Å². The van der Waals surface area contributed by atoms with Gasteiger partial charge in [-0.05, 0) is 18.2 Å². The van der Waals surface area contributed by atoms with Gasteiger partial charge in [0.1, 0.15) is 6.10 Å². The van der Waals surface area contributed by atoms with E-state index in [1.165, 1.54) is 12.1 Å². The number of ether oxygens (including phenoxy) is 1.